The molecule has 3 aliphatic rings. The maximum Gasteiger partial charge on any atom is 0.237 e. The second-order valence-electron chi connectivity index (χ2n) is 7.92. The summed E-state index contributed by atoms with van der Waals surface area (Å²) in [6.07, 6.45) is 6.14. The summed E-state index contributed by atoms with van der Waals surface area (Å²) in [6, 6.07) is 0. The van der Waals surface area contributed by atoms with Gasteiger partial charge in [0.1, 0.15) is 0 Å². The molecule has 1 atom stereocenters. The fourth-order valence-corrected chi connectivity index (χ4v) is 4.57. The number of rotatable bonds is 3. The monoisotopic (exact) mass is 350 g/mol. The van der Waals surface area contributed by atoms with Crippen LogP contribution in [-0.2, 0) is 14.4 Å². The van der Waals surface area contributed by atoms with Crippen molar-refractivity contribution in [2.45, 2.75) is 44.9 Å². The predicted molar refractivity (Wildman–Crippen MR) is 93.5 cm³/mol. The van der Waals surface area contributed by atoms with Gasteiger partial charge in [-0.05, 0) is 57.0 Å². The fourth-order valence-electron chi connectivity index (χ4n) is 4.57. The van der Waals surface area contributed by atoms with Crippen LogP contribution >= 0.6 is 0 Å². The molecule has 3 heterocycles. The topological polar surface area (TPSA) is 95.7 Å². The first-order valence-electron chi connectivity index (χ1n) is 9.55. The summed E-state index contributed by atoms with van der Waals surface area (Å²) in [5.41, 5.74) is 5.32. The average molecular weight is 350 g/mol. The van der Waals surface area contributed by atoms with Gasteiger partial charge in [-0.3, -0.25) is 14.4 Å². The molecule has 3 saturated heterocycles. The van der Waals surface area contributed by atoms with Crippen molar-refractivity contribution in [2.75, 3.05) is 39.3 Å². The van der Waals surface area contributed by atoms with E-state index in [2.05, 4.69) is 5.32 Å². The summed E-state index contributed by atoms with van der Waals surface area (Å²) in [6.45, 7) is 4.08. The average Bonchev–Trinajstić information content (AvgIpc) is 2.87. The molecule has 1 spiro atoms. The fraction of sp³-hybridized carbons (Fsp3) is 0.833. The van der Waals surface area contributed by atoms with Gasteiger partial charge in [0.25, 0.3) is 0 Å². The molecular weight excluding hydrogens is 320 g/mol. The van der Waals surface area contributed by atoms with Crippen LogP contribution in [0.5, 0.6) is 0 Å². The molecular formula is C18H30N4O3. The SMILES string of the molecule is NC(=O)CN1CC2(CCC1=O)CCN(C(=O)C1CCCNCC1)CC2. The van der Waals surface area contributed by atoms with E-state index in [-0.39, 0.29) is 23.8 Å². The lowest BCUT2D eigenvalue weighted by molar-refractivity contribution is -0.145. The molecule has 3 rings (SSSR count). The van der Waals surface area contributed by atoms with Crippen molar-refractivity contribution in [3.8, 4) is 0 Å². The number of hydrogen-bond acceptors (Lipinski definition) is 4. The van der Waals surface area contributed by atoms with E-state index in [1.165, 1.54) is 0 Å². The van der Waals surface area contributed by atoms with Crippen molar-refractivity contribution < 1.29 is 14.4 Å². The number of piperidine rings is 2. The van der Waals surface area contributed by atoms with Gasteiger partial charge in [-0.25, -0.2) is 0 Å². The third-order valence-corrected chi connectivity index (χ3v) is 6.16. The van der Waals surface area contributed by atoms with Gasteiger partial charge in [0.2, 0.25) is 17.7 Å². The van der Waals surface area contributed by atoms with E-state index >= 15 is 0 Å². The molecule has 140 valence electrons. The van der Waals surface area contributed by atoms with Crippen molar-refractivity contribution in [2.24, 2.45) is 17.1 Å². The highest BCUT2D eigenvalue weighted by Crippen LogP contribution is 2.40. The maximum absolute atomic E-state index is 12.8. The number of primary amides is 1. The zero-order valence-corrected chi connectivity index (χ0v) is 15.0. The van der Waals surface area contributed by atoms with Gasteiger partial charge in [0.15, 0.2) is 0 Å². The van der Waals surface area contributed by atoms with Crippen molar-refractivity contribution in [1.29, 1.82) is 0 Å². The van der Waals surface area contributed by atoms with E-state index in [4.69, 9.17) is 5.73 Å². The van der Waals surface area contributed by atoms with Crippen LogP contribution in [-0.4, -0.2) is 66.8 Å². The molecule has 0 aromatic carbocycles. The minimum atomic E-state index is -0.458. The van der Waals surface area contributed by atoms with Crippen LogP contribution in [0.2, 0.25) is 0 Å². The number of amides is 3. The lowest BCUT2D eigenvalue weighted by Crippen LogP contribution is -2.54. The molecule has 7 nitrogen and oxygen atoms in total. The van der Waals surface area contributed by atoms with Crippen molar-refractivity contribution in [3.63, 3.8) is 0 Å². The molecule has 0 radical (unpaired) electrons. The van der Waals surface area contributed by atoms with E-state index < -0.39 is 5.91 Å². The van der Waals surface area contributed by atoms with Crippen LogP contribution in [0.15, 0.2) is 0 Å². The zero-order chi connectivity index (χ0) is 17.9. The van der Waals surface area contributed by atoms with Gasteiger partial charge in [-0.2, -0.15) is 0 Å². The summed E-state index contributed by atoms with van der Waals surface area (Å²) >= 11 is 0. The third-order valence-electron chi connectivity index (χ3n) is 6.16. The molecule has 0 aromatic heterocycles. The number of hydrogen-bond donors (Lipinski definition) is 2. The summed E-state index contributed by atoms with van der Waals surface area (Å²) in [7, 11) is 0. The Kier molecular flexibility index (Phi) is 5.61. The minimum absolute atomic E-state index is 0.0122. The first kappa shape index (κ1) is 18.2. The number of nitrogens with zero attached hydrogens (tertiary/aromatic N) is 2. The van der Waals surface area contributed by atoms with Gasteiger partial charge in [-0.1, -0.05) is 0 Å². The van der Waals surface area contributed by atoms with Crippen LogP contribution < -0.4 is 11.1 Å². The highest BCUT2D eigenvalue weighted by molar-refractivity contribution is 5.84. The van der Waals surface area contributed by atoms with Gasteiger partial charge < -0.3 is 20.9 Å². The Morgan fingerprint density at radius 1 is 1.16 bits per heavy atom. The Balaban J connectivity index is 1.56. The Morgan fingerprint density at radius 2 is 1.92 bits per heavy atom. The van der Waals surface area contributed by atoms with Gasteiger partial charge >= 0.3 is 0 Å². The third kappa shape index (κ3) is 4.32. The molecule has 0 bridgehead atoms. The summed E-state index contributed by atoms with van der Waals surface area (Å²) in [5.74, 6) is 0.0247. The second-order valence-corrected chi connectivity index (χ2v) is 7.92. The first-order valence-corrected chi connectivity index (χ1v) is 9.55. The molecule has 25 heavy (non-hydrogen) atoms. The Hall–Kier alpha value is -1.63. The second kappa shape index (κ2) is 7.72. The van der Waals surface area contributed by atoms with Crippen LogP contribution in [0.3, 0.4) is 0 Å². The summed E-state index contributed by atoms with van der Waals surface area (Å²) in [5, 5.41) is 3.36. The van der Waals surface area contributed by atoms with Crippen molar-refractivity contribution in [1.82, 2.24) is 15.1 Å². The molecule has 3 aliphatic heterocycles. The number of carbonyl (C=O) groups is 3. The highest BCUT2D eigenvalue weighted by Gasteiger charge is 2.42. The Morgan fingerprint density at radius 3 is 2.64 bits per heavy atom. The Labute approximate surface area is 149 Å². The van der Waals surface area contributed by atoms with Crippen LogP contribution in [0.1, 0.15) is 44.9 Å². The summed E-state index contributed by atoms with van der Waals surface area (Å²) < 4.78 is 0. The molecule has 1 unspecified atom stereocenters. The van der Waals surface area contributed by atoms with Gasteiger partial charge in [-0.15, -0.1) is 0 Å². The molecule has 3 amide bonds. The first-order chi connectivity index (χ1) is 12.0. The minimum Gasteiger partial charge on any atom is -0.368 e. The van der Waals surface area contributed by atoms with Crippen molar-refractivity contribution >= 4 is 17.7 Å². The summed E-state index contributed by atoms with van der Waals surface area (Å²) in [4.78, 5) is 39.7. The zero-order valence-electron chi connectivity index (χ0n) is 15.0. The van der Waals surface area contributed by atoms with E-state index in [1.807, 2.05) is 4.90 Å². The molecule has 7 heteroatoms. The highest BCUT2D eigenvalue weighted by atomic mass is 16.2. The largest absolute Gasteiger partial charge is 0.368 e. The smallest absolute Gasteiger partial charge is 0.237 e. The van der Waals surface area contributed by atoms with Crippen molar-refractivity contribution in [3.05, 3.63) is 0 Å². The van der Waals surface area contributed by atoms with E-state index in [0.717, 1.165) is 64.7 Å². The van der Waals surface area contributed by atoms with E-state index in [9.17, 15) is 14.4 Å². The van der Waals surface area contributed by atoms with Crippen LogP contribution in [0.25, 0.3) is 0 Å². The standard InChI is InChI=1S/C18H30N4O3/c19-15(23)12-22-13-18(5-3-16(22)24)6-10-21(11-7-18)17(25)14-2-1-8-20-9-4-14/h14,20H,1-13H2,(H2,19,23). The quantitative estimate of drug-likeness (QED) is 0.754. The van der Waals surface area contributed by atoms with E-state index in [0.29, 0.717) is 18.9 Å². The van der Waals surface area contributed by atoms with E-state index in [1.54, 1.807) is 4.90 Å². The lowest BCUT2D eigenvalue weighted by atomic mass is 9.72. The Bertz CT molecular complexity index is 520. The number of carbonyl (C=O) groups excluding carboxylic acids is 3. The lowest BCUT2D eigenvalue weighted by Gasteiger charge is -2.47. The van der Waals surface area contributed by atoms with Gasteiger partial charge in [0.05, 0.1) is 6.54 Å². The number of nitrogens with two attached hydrogens (primary N) is 1. The molecule has 0 aromatic rings. The maximum atomic E-state index is 12.8. The normalized spacial score (nSPS) is 27.2. The molecule has 0 saturated carbocycles. The van der Waals surface area contributed by atoms with Crippen LogP contribution in [0.4, 0.5) is 0 Å². The molecule has 3 N–H and O–H groups in total. The molecule has 0 aliphatic carbocycles. The molecule has 3 fully saturated rings. The number of nitrogens with one attached hydrogen (secondary N) is 1. The van der Waals surface area contributed by atoms with Crippen LogP contribution in [0, 0.1) is 11.3 Å². The van der Waals surface area contributed by atoms with Gasteiger partial charge in [0, 0.05) is 32.0 Å². The predicted octanol–water partition coefficient (Wildman–Crippen LogP) is 0.0926. The number of likely N-dealkylation sites (tertiary alicyclic amines) is 2.